The van der Waals surface area contributed by atoms with Gasteiger partial charge < -0.3 is 14.8 Å². The molecule has 0 aromatic heterocycles. The number of unbranched alkanes of at least 4 members (excludes halogenated alkanes) is 3. The molecule has 0 aliphatic carbocycles. The predicted molar refractivity (Wildman–Crippen MR) is 91.2 cm³/mol. The smallest absolute Gasteiger partial charge is 0.407 e. The van der Waals surface area contributed by atoms with Crippen molar-refractivity contribution in [1.82, 2.24) is 5.32 Å². The fourth-order valence-electron chi connectivity index (χ4n) is 1.51. The average molecular weight is 331 g/mol. The summed E-state index contributed by atoms with van der Waals surface area (Å²) in [7, 11) is 0. The molecule has 0 aromatic rings. The van der Waals surface area contributed by atoms with Crippen LogP contribution in [-0.4, -0.2) is 42.8 Å². The number of amides is 1. The Balaban J connectivity index is 3.33. The monoisotopic (exact) mass is 331 g/mol. The number of nitrogens with one attached hydrogen (secondary N) is 1. The van der Waals surface area contributed by atoms with E-state index in [9.17, 15) is 9.59 Å². The quantitative estimate of drug-likeness (QED) is 0.337. The van der Waals surface area contributed by atoms with Crippen molar-refractivity contribution in [3.05, 3.63) is 12.2 Å². The first-order valence-electron chi connectivity index (χ1n) is 7.78. The molecule has 1 N–H and O–H groups in total. The number of rotatable bonds is 12. The van der Waals surface area contributed by atoms with Crippen LogP contribution in [0.3, 0.4) is 0 Å². The predicted octanol–water partition coefficient (Wildman–Crippen LogP) is 3.53. The lowest BCUT2D eigenvalue weighted by molar-refractivity contribution is -0.138. The van der Waals surface area contributed by atoms with Crippen LogP contribution < -0.4 is 5.32 Å². The molecule has 6 heteroatoms. The van der Waals surface area contributed by atoms with Crippen LogP contribution in [0.2, 0.25) is 0 Å². The van der Waals surface area contributed by atoms with E-state index in [1.165, 1.54) is 18.6 Å². The van der Waals surface area contributed by atoms with Crippen LogP contribution in [-0.2, 0) is 14.3 Å². The number of carbonyl (C=O) groups excluding carboxylic acids is 2. The number of alkyl carbamates (subject to hydrolysis) is 1. The van der Waals surface area contributed by atoms with Gasteiger partial charge in [-0.3, -0.25) is 0 Å². The van der Waals surface area contributed by atoms with Gasteiger partial charge in [0, 0.05) is 5.57 Å². The van der Waals surface area contributed by atoms with E-state index in [4.69, 9.17) is 9.47 Å². The zero-order valence-electron chi connectivity index (χ0n) is 14.0. The molecular formula is C16H29NO4S. The van der Waals surface area contributed by atoms with Crippen LogP contribution in [0, 0.1) is 0 Å². The van der Waals surface area contributed by atoms with Gasteiger partial charge in [-0.1, -0.05) is 33.3 Å². The highest BCUT2D eigenvalue weighted by Crippen LogP contribution is 2.12. The molecule has 128 valence electrons. The Hall–Kier alpha value is -1.17. The Morgan fingerprint density at radius 3 is 2.41 bits per heavy atom. The fourth-order valence-corrected chi connectivity index (χ4v) is 2.35. The minimum atomic E-state index is -0.471. The zero-order chi connectivity index (χ0) is 16.8. The molecule has 0 radical (unpaired) electrons. The van der Waals surface area contributed by atoms with Gasteiger partial charge in [-0.2, -0.15) is 11.8 Å². The van der Waals surface area contributed by atoms with E-state index >= 15 is 0 Å². The Morgan fingerprint density at radius 1 is 1.09 bits per heavy atom. The number of carbonyl (C=O) groups is 2. The zero-order valence-corrected chi connectivity index (χ0v) is 14.8. The Kier molecular flexibility index (Phi) is 12.8. The second-order valence-electron chi connectivity index (χ2n) is 5.31. The van der Waals surface area contributed by atoms with Gasteiger partial charge in [0.25, 0.3) is 0 Å². The van der Waals surface area contributed by atoms with Crippen LogP contribution in [0.15, 0.2) is 12.2 Å². The SMILES string of the molecule is C=C(C)C(=O)OCCNC(=O)OCCCCCCSC(C)C. The Morgan fingerprint density at radius 2 is 1.77 bits per heavy atom. The molecule has 0 saturated heterocycles. The lowest BCUT2D eigenvalue weighted by Crippen LogP contribution is -2.29. The Bertz CT molecular complexity index is 345. The minimum Gasteiger partial charge on any atom is -0.460 e. The summed E-state index contributed by atoms with van der Waals surface area (Å²) in [5, 5.41) is 3.23. The first-order valence-corrected chi connectivity index (χ1v) is 8.83. The average Bonchev–Trinajstić information content (AvgIpc) is 2.45. The summed E-state index contributed by atoms with van der Waals surface area (Å²) in [6.45, 7) is 10.2. The van der Waals surface area contributed by atoms with Gasteiger partial charge in [-0.15, -0.1) is 0 Å². The summed E-state index contributed by atoms with van der Waals surface area (Å²) in [5.41, 5.74) is 0.342. The summed E-state index contributed by atoms with van der Waals surface area (Å²) >= 11 is 1.98. The number of thioether (sulfide) groups is 1. The molecule has 0 unspecified atom stereocenters. The van der Waals surface area contributed by atoms with Gasteiger partial charge in [-0.25, -0.2) is 9.59 Å². The molecule has 0 fully saturated rings. The molecular weight excluding hydrogens is 302 g/mol. The van der Waals surface area contributed by atoms with Crippen molar-refractivity contribution in [2.45, 2.75) is 51.7 Å². The minimum absolute atomic E-state index is 0.119. The van der Waals surface area contributed by atoms with E-state index in [0.29, 0.717) is 17.4 Å². The van der Waals surface area contributed by atoms with Crippen LogP contribution >= 0.6 is 11.8 Å². The molecule has 5 nitrogen and oxygen atoms in total. The number of hydrogen-bond donors (Lipinski definition) is 1. The standard InChI is InChI=1S/C16H29NO4S/c1-13(2)15(18)20-11-9-17-16(19)21-10-7-5-6-8-12-22-14(3)4/h14H,1,5-12H2,2-4H3,(H,17,19). The lowest BCUT2D eigenvalue weighted by atomic mass is 10.2. The highest BCUT2D eigenvalue weighted by molar-refractivity contribution is 7.99. The van der Waals surface area contributed by atoms with Gasteiger partial charge in [0.1, 0.15) is 6.61 Å². The van der Waals surface area contributed by atoms with E-state index in [-0.39, 0.29) is 13.2 Å². The highest BCUT2D eigenvalue weighted by atomic mass is 32.2. The normalized spacial score (nSPS) is 10.4. The number of esters is 1. The maximum Gasteiger partial charge on any atom is 0.407 e. The topological polar surface area (TPSA) is 64.6 Å². The van der Waals surface area contributed by atoms with Gasteiger partial charge in [0.05, 0.1) is 13.2 Å². The van der Waals surface area contributed by atoms with Gasteiger partial charge in [-0.05, 0) is 30.8 Å². The van der Waals surface area contributed by atoms with Crippen molar-refractivity contribution in [3.63, 3.8) is 0 Å². The van der Waals surface area contributed by atoms with Crippen LogP contribution in [0.5, 0.6) is 0 Å². The van der Waals surface area contributed by atoms with Gasteiger partial charge >= 0.3 is 12.1 Å². The van der Waals surface area contributed by atoms with Crippen LogP contribution in [0.25, 0.3) is 0 Å². The van der Waals surface area contributed by atoms with Gasteiger partial charge in [0.2, 0.25) is 0 Å². The molecule has 0 aliphatic heterocycles. The van der Waals surface area contributed by atoms with Crippen molar-refractivity contribution in [1.29, 1.82) is 0 Å². The van der Waals surface area contributed by atoms with E-state index in [2.05, 4.69) is 25.7 Å². The molecule has 0 rings (SSSR count). The molecule has 0 atom stereocenters. The summed E-state index contributed by atoms with van der Waals surface area (Å²) < 4.78 is 9.87. The summed E-state index contributed by atoms with van der Waals surface area (Å²) in [5.74, 6) is 0.743. The van der Waals surface area contributed by atoms with Crippen molar-refractivity contribution >= 4 is 23.8 Å². The van der Waals surface area contributed by atoms with Crippen LogP contribution in [0.1, 0.15) is 46.5 Å². The third-order valence-corrected chi connectivity index (χ3v) is 3.87. The van der Waals surface area contributed by atoms with E-state index < -0.39 is 12.1 Å². The fraction of sp³-hybridized carbons (Fsp3) is 0.750. The van der Waals surface area contributed by atoms with Crippen molar-refractivity contribution < 1.29 is 19.1 Å². The second kappa shape index (κ2) is 13.5. The van der Waals surface area contributed by atoms with Crippen molar-refractivity contribution in [2.75, 3.05) is 25.5 Å². The van der Waals surface area contributed by atoms with E-state index in [1.807, 2.05) is 11.8 Å². The largest absolute Gasteiger partial charge is 0.460 e. The van der Waals surface area contributed by atoms with Crippen molar-refractivity contribution in [2.24, 2.45) is 0 Å². The number of ether oxygens (including phenoxy) is 2. The Labute approximate surface area is 138 Å². The molecule has 1 amide bonds. The van der Waals surface area contributed by atoms with Gasteiger partial charge in [0.15, 0.2) is 0 Å². The third-order valence-electron chi connectivity index (χ3n) is 2.68. The molecule has 0 aliphatic rings. The summed E-state index contributed by atoms with van der Waals surface area (Å²) in [6, 6.07) is 0. The first kappa shape index (κ1) is 20.8. The third kappa shape index (κ3) is 13.8. The molecule has 0 heterocycles. The lowest BCUT2D eigenvalue weighted by Gasteiger charge is -2.08. The van der Waals surface area contributed by atoms with E-state index in [0.717, 1.165) is 12.8 Å². The maximum absolute atomic E-state index is 11.3. The maximum atomic E-state index is 11.3. The summed E-state index contributed by atoms with van der Waals surface area (Å²) in [4.78, 5) is 22.4. The molecule has 22 heavy (non-hydrogen) atoms. The molecule has 0 aromatic carbocycles. The van der Waals surface area contributed by atoms with E-state index in [1.54, 1.807) is 6.92 Å². The number of hydrogen-bond acceptors (Lipinski definition) is 5. The molecule has 0 saturated carbocycles. The summed E-state index contributed by atoms with van der Waals surface area (Å²) in [6.07, 6.45) is 3.86. The molecule has 0 bridgehead atoms. The molecule has 0 spiro atoms. The first-order chi connectivity index (χ1) is 10.4. The van der Waals surface area contributed by atoms with Crippen molar-refractivity contribution in [3.8, 4) is 0 Å². The highest BCUT2D eigenvalue weighted by Gasteiger charge is 2.04. The van der Waals surface area contributed by atoms with Crippen LogP contribution in [0.4, 0.5) is 4.79 Å². The second-order valence-corrected chi connectivity index (χ2v) is 7.00.